The van der Waals surface area contributed by atoms with Crippen LogP contribution in [-0.4, -0.2) is 36.2 Å². The number of Topliss-reactive ketones (excluding diaryl/α,β-unsaturated/α-hetero) is 1. The summed E-state index contributed by atoms with van der Waals surface area (Å²) in [6.07, 6.45) is 9.21. The van der Waals surface area contributed by atoms with Crippen molar-refractivity contribution in [1.82, 2.24) is 0 Å². The lowest BCUT2D eigenvalue weighted by atomic mass is 9.87. The molecular formula is C25H36O5. The van der Waals surface area contributed by atoms with E-state index in [0.29, 0.717) is 13.0 Å². The summed E-state index contributed by atoms with van der Waals surface area (Å²) in [5.41, 5.74) is 1.14. The summed E-state index contributed by atoms with van der Waals surface area (Å²) in [7, 11) is 1.33. The molecule has 2 rings (SSSR count). The van der Waals surface area contributed by atoms with Gasteiger partial charge in [0, 0.05) is 18.8 Å². The van der Waals surface area contributed by atoms with Crippen LogP contribution in [0, 0.1) is 11.8 Å². The number of esters is 1. The molecule has 0 aliphatic heterocycles. The molecular weight excluding hydrogens is 380 g/mol. The highest BCUT2D eigenvalue weighted by Gasteiger charge is 2.38. The van der Waals surface area contributed by atoms with Crippen molar-refractivity contribution in [3.63, 3.8) is 0 Å². The molecule has 0 aromatic heterocycles. The van der Waals surface area contributed by atoms with Crippen molar-refractivity contribution in [2.24, 2.45) is 11.8 Å². The molecule has 2 unspecified atom stereocenters. The zero-order valence-corrected chi connectivity index (χ0v) is 18.3. The van der Waals surface area contributed by atoms with Gasteiger partial charge in [-0.3, -0.25) is 9.59 Å². The Morgan fingerprint density at radius 2 is 2.00 bits per heavy atom. The Morgan fingerprint density at radius 3 is 2.70 bits per heavy atom. The third-order valence-electron chi connectivity index (χ3n) is 5.82. The lowest BCUT2D eigenvalue weighted by molar-refractivity contribution is -0.142. The van der Waals surface area contributed by atoms with E-state index in [2.05, 4.69) is 35.9 Å². The molecule has 1 aromatic rings. The minimum Gasteiger partial charge on any atom is -0.469 e. The molecule has 30 heavy (non-hydrogen) atoms. The van der Waals surface area contributed by atoms with E-state index in [1.807, 2.05) is 18.2 Å². The van der Waals surface area contributed by atoms with Crippen LogP contribution < -0.4 is 0 Å². The third-order valence-corrected chi connectivity index (χ3v) is 5.82. The number of hydrogen-bond donors (Lipinski definition) is 1. The van der Waals surface area contributed by atoms with Gasteiger partial charge in [0.25, 0.3) is 0 Å². The second-order valence-electron chi connectivity index (χ2n) is 8.09. The molecule has 0 bridgehead atoms. The Morgan fingerprint density at radius 1 is 1.23 bits per heavy atom. The Balaban J connectivity index is 1.97. The standard InChI is InChI=1S/C25H36O5/c1-3-4-6-11-21(30-18-19-9-7-5-8-10-19)14-12-20-13-15-22(26)25(20)23(27)16-17-24(28)29-2/h5,7-10,12,14,20-21,23,25,27H,3-4,6,11,13,15-18H2,1-2H3/b14-12+/t20-,21?,23?,25+/m0/s1. The summed E-state index contributed by atoms with van der Waals surface area (Å²) >= 11 is 0. The van der Waals surface area contributed by atoms with Gasteiger partial charge in [0.1, 0.15) is 5.78 Å². The molecule has 4 atom stereocenters. The number of aliphatic hydroxyl groups is 1. The number of unbranched alkanes of at least 4 members (excludes halogenated alkanes) is 2. The van der Waals surface area contributed by atoms with Gasteiger partial charge in [0.05, 0.1) is 25.9 Å². The van der Waals surface area contributed by atoms with E-state index >= 15 is 0 Å². The second-order valence-corrected chi connectivity index (χ2v) is 8.09. The number of hydrogen-bond acceptors (Lipinski definition) is 5. The fourth-order valence-corrected chi connectivity index (χ4v) is 4.03. The van der Waals surface area contributed by atoms with E-state index in [0.717, 1.165) is 37.7 Å². The Labute approximate surface area is 180 Å². The first kappa shape index (κ1) is 24.3. The van der Waals surface area contributed by atoms with E-state index in [1.54, 1.807) is 0 Å². The molecule has 5 heteroatoms. The van der Waals surface area contributed by atoms with Gasteiger partial charge in [0.2, 0.25) is 0 Å². The number of carbonyl (C=O) groups is 2. The molecule has 5 nitrogen and oxygen atoms in total. The lowest BCUT2D eigenvalue weighted by Crippen LogP contribution is -2.29. The summed E-state index contributed by atoms with van der Waals surface area (Å²) in [5.74, 6) is -0.748. The van der Waals surface area contributed by atoms with Gasteiger partial charge >= 0.3 is 5.97 Å². The van der Waals surface area contributed by atoms with Crippen molar-refractivity contribution < 1.29 is 24.2 Å². The van der Waals surface area contributed by atoms with E-state index in [-0.39, 0.29) is 36.6 Å². The predicted octanol–water partition coefficient (Wildman–Crippen LogP) is 4.62. The van der Waals surface area contributed by atoms with Crippen LogP contribution in [0.1, 0.15) is 63.9 Å². The highest BCUT2D eigenvalue weighted by molar-refractivity contribution is 5.84. The zero-order chi connectivity index (χ0) is 21.8. The number of benzene rings is 1. The predicted molar refractivity (Wildman–Crippen MR) is 117 cm³/mol. The van der Waals surface area contributed by atoms with Crippen molar-refractivity contribution in [3.05, 3.63) is 48.0 Å². The number of ketones is 1. The maximum Gasteiger partial charge on any atom is 0.305 e. The molecule has 1 aliphatic carbocycles. The molecule has 1 aliphatic rings. The van der Waals surface area contributed by atoms with Gasteiger partial charge in [-0.1, -0.05) is 68.7 Å². The Bertz CT molecular complexity index is 669. The summed E-state index contributed by atoms with van der Waals surface area (Å²) in [4.78, 5) is 23.7. The highest BCUT2D eigenvalue weighted by atomic mass is 16.5. The normalized spacial score (nSPS) is 21.1. The number of methoxy groups -OCH3 is 1. The smallest absolute Gasteiger partial charge is 0.305 e. The van der Waals surface area contributed by atoms with Gasteiger partial charge in [0.15, 0.2) is 0 Å². The quantitative estimate of drug-likeness (QED) is 0.289. The average Bonchev–Trinajstić information content (AvgIpc) is 3.14. The topological polar surface area (TPSA) is 72.8 Å². The van der Waals surface area contributed by atoms with Crippen molar-refractivity contribution in [2.75, 3.05) is 7.11 Å². The highest BCUT2D eigenvalue weighted by Crippen LogP contribution is 2.34. The summed E-state index contributed by atoms with van der Waals surface area (Å²) in [5, 5.41) is 10.5. The Kier molecular flexibility index (Phi) is 10.8. The molecule has 0 radical (unpaired) electrons. The molecule has 1 N–H and O–H groups in total. The fraction of sp³-hybridized carbons (Fsp3) is 0.600. The van der Waals surface area contributed by atoms with Crippen molar-refractivity contribution in [2.45, 2.75) is 77.1 Å². The molecule has 0 amide bonds. The number of allylic oxidation sites excluding steroid dienone is 1. The number of aliphatic hydroxyl groups excluding tert-OH is 1. The second kappa shape index (κ2) is 13.3. The first-order valence-electron chi connectivity index (χ1n) is 11.2. The average molecular weight is 417 g/mol. The van der Waals surface area contributed by atoms with Crippen molar-refractivity contribution in [1.29, 1.82) is 0 Å². The van der Waals surface area contributed by atoms with Crippen LogP contribution in [0.15, 0.2) is 42.5 Å². The van der Waals surface area contributed by atoms with E-state index in [1.165, 1.54) is 7.11 Å². The van der Waals surface area contributed by atoms with Crippen LogP contribution in [0.2, 0.25) is 0 Å². The first-order chi connectivity index (χ1) is 14.5. The minimum absolute atomic E-state index is 0.0136. The molecule has 166 valence electrons. The summed E-state index contributed by atoms with van der Waals surface area (Å²) in [6.45, 7) is 2.73. The SMILES string of the molecule is CCCCCC(/C=C/[C@H]1CCC(=O)[C@@H]1C(O)CCC(=O)OC)OCc1ccccc1. The van der Waals surface area contributed by atoms with E-state index in [9.17, 15) is 14.7 Å². The van der Waals surface area contributed by atoms with Gasteiger partial charge in [-0.15, -0.1) is 0 Å². The van der Waals surface area contributed by atoms with E-state index < -0.39 is 12.0 Å². The van der Waals surface area contributed by atoms with Gasteiger partial charge in [-0.2, -0.15) is 0 Å². The van der Waals surface area contributed by atoms with Crippen molar-refractivity contribution in [3.8, 4) is 0 Å². The van der Waals surface area contributed by atoms with Crippen LogP contribution >= 0.6 is 0 Å². The van der Waals surface area contributed by atoms with Crippen LogP contribution in [0.25, 0.3) is 0 Å². The molecule has 1 fully saturated rings. The maximum atomic E-state index is 12.4. The zero-order valence-electron chi connectivity index (χ0n) is 18.3. The number of carbonyl (C=O) groups excluding carboxylic acids is 2. The number of rotatable bonds is 13. The Hall–Kier alpha value is -1.98. The molecule has 0 spiro atoms. The largest absolute Gasteiger partial charge is 0.469 e. The molecule has 1 saturated carbocycles. The molecule has 0 saturated heterocycles. The van der Waals surface area contributed by atoms with Gasteiger partial charge < -0.3 is 14.6 Å². The monoisotopic (exact) mass is 416 g/mol. The minimum atomic E-state index is -0.822. The van der Waals surface area contributed by atoms with Crippen LogP contribution in [0.5, 0.6) is 0 Å². The number of ether oxygens (including phenoxy) is 2. The summed E-state index contributed by atoms with van der Waals surface area (Å²) in [6, 6.07) is 10.1. The lowest BCUT2D eigenvalue weighted by Gasteiger charge is -2.22. The summed E-state index contributed by atoms with van der Waals surface area (Å²) < 4.78 is 10.8. The first-order valence-corrected chi connectivity index (χ1v) is 11.2. The van der Waals surface area contributed by atoms with Gasteiger partial charge in [-0.05, 0) is 30.7 Å². The van der Waals surface area contributed by atoms with Crippen LogP contribution in [-0.2, 0) is 25.7 Å². The van der Waals surface area contributed by atoms with Gasteiger partial charge in [-0.25, -0.2) is 0 Å². The molecule has 1 aromatic carbocycles. The van der Waals surface area contributed by atoms with Crippen molar-refractivity contribution >= 4 is 11.8 Å². The maximum absolute atomic E-state index is 12.4. The van der Waals surface area contributed by atoms with Crippen LogP contribution in [0.3, 0.4) is 0 Å². The van der Waals surface area contributed by atoms with E-state index in [4.69, 9.17) is 4.74 Å². The van der Waals surface area contributed by atoms with Crippen LogP contribution in [0.4, 0.5) is 0 Å². The fourth-order valence-electron chi connectivity index (χ4n) is 4.03. The third kappa shape index (κ3) is 8.04. The molecule has 0 heterocycles.